The van der Waals surface area contributed by atoms with Crippen molar-refractivity contribution in [2.24, 2.45) is 0 Å². The summed E-state index contributed by atoms with van der Waals surface area (Å²) >= 11 is 0. The number of rotatable bonds is 3. The number of carbonyl (C=O) groups is 1. The van der Waals surface area contributed by atoms with Crippen LogP contribution < -0.4 is 5.32 Å². The van der Waals surface area contributed by atoms with Crippen molar-refractivity contribution in [1.82, 2.24) is 9.78 Å². The van der Waals surface area contributed by atoms with E-state index in [1.807, 2.05) is 19.1 Å². The molecule has 1 aromatic heterocycles. The molecule has 0 unspecified atom stereocenters. The number of fused-ring (bicyclic) bond motifs is 1. The highest BCUT2D eigenvalue weighted by Gasteiger charge is 2.28. The summed E-state index contributed by atoms with van der Waals surface area (Å²) in [6.07, 6.45) is 0. The van der Waals surface area contributed by atoms with Gasteiger partial charge >= 0.3 is 0 Å². The first-order valence-electron chi connectivity index (χ1n) is 8.11. The third kappa shape index (κ3) is 2.94. The Balaban J connectivity index is 1.77. The summed E-state index contributed by atoms with van der Waals surface area (Å²) in [5, 5.41) is 7.41. The summed E-state index contributed by atoms with van der Waals surface area (Å²) in [4.78, 5) is 12.8. The summed E-state index contributed by atoms with van der Waals surface area (Å²) < 4.78 is 26.7. The smallest absolute Gasteiger partial charge is 0.257 e. The van der Waals surface area contributed by atoms with Crippen molar-refractivity contribution in [3.05, 3.63) is 76.7 Å². The zero-order valence-corrected chi connectivity index (χ0v) is 14.8. The van der Waals surface area contributed by atoms with Crippen LogP contribution in [0.25, 0.3) is 5.69 Å². The summed E-state index contributed by atoms with van der Waals surface area (Å²) in [6, 6.07) is 13.2. The van der Waals surface area contributed by atoms with Crippen LogP contribution in [0.1, 0.15) is 27.2 Å². The summed E-state index contributed by atoms with van der Waals surface area (Å²) in [5.74, 6) is 0.592. The Morgan fingerprint density at radius 1 is 1.15 bits per heavy atom. The molecule has 1 aliphatic heterocycles. The van der Waals surface area contributed by atoms with E-state index in [4.69, 9.17) is 0 Å². The fraction of sp³-hybridized carbons (Fsp3) is 0.158. The van der Waals surface area contributed by atoms with Gasteiger partial charge in [0.1, 0.15) is 11.6 Å². The molecule has 0 aliphatic carbocycles. The van der Waals surface area contributed by atoms with Crippen molar-refractivity contribution in [3.63, 3.8) is 0 Å². The van der Waals surface area contributed by atoms with Gasteiger partial charge in [-0.1, -0.05) is 18.2 Å². The Kier molecular flexibility index (Phi) is 4.16. The predicted octanol–water partition coefficient (Wildman–Crippen LogP) is 3.33. The van der Waals surface area contributed by atoms with Gasteiger partial charge in [0.25, 0.3) is 5.91 Å². The number of hydrogen-bond acceptors (Lipinski definition) is 3. The normalized spacial score (nSPS) is 15.7. The monoisotopic (exact) mass is 369 g/mol. The third-order valence-electron chi connectivity index (χ3n) is 4.36. The largest absolute Gasteiger partial charge is 0.306 e. The number of halogens is 1. The van der Waals surface area contributed by atoms with Crippen molar-refractivity contribution in [2.75, 3.05) is 5.32 Å². The molecular weight excluding hydrogens is 353 g/mol. The Morgan fingerprint density at radius 3 is 2.62 bits per heavy atom. The number of nitrogens with zero attached hydrogens (tertiary/aromatic N) is 2. The van der Waals surface area contributed by atoms with Gasteiger partial charge in [0, 0.05) is 21.9 Å². The SMILES string of the molecule is Cc1ccccc1C(=O)Nc1c2c(nn1-c1ccc(F)cc1)C[S@](=O)C2. The van der Waals surface area contributed by atoms with E-state index < -0.39 is 10.8 Å². The molecule has 1 atom stereocenters. The van der Waals surface area contributed by atoms with Gasteiger partial charge in [-0.25, -0.2) is 9.07 Å². The number of aryl methyl sites for hydroxylation is 1. The molecule has 0 spiro atoms. The van der Waals surface area contributed by atoms with E-state index in [0.29, 0.717) is 34.3 Å². The van der Waals surface area contributed by atoms with E-state index in [9.17, 15) is 13.4 Å². The van der Waals surface area contributed by atoms with Crippen molar-refractivity contribution in [3.8, 4) is 5.69 Å². The minimum Gasteiger partial charge on any atom is -0.306 e. The van der Waals surface area contributed by atoms with E-state index in [1.54, 1.807) is 28.9 Å². The summed E-state index contributed by atoms with van der Waals surface area (Å²) in [7, 11) is -1.02. The lowest BCUT2D eigenvalue weighted by molar-refractivity contribution is 0.102. The molecule has 0 radical (unpaired) electrons. The van der Waals surface area contributed by atoms with Crippen LogP contribution in [0.2, 0.25) is 0 Å². The highest BCUT2D eigenvalue weighted by Crippen LogP contribution is 2.31. The van der Waals surface area contributed by atoms with Crippen LogP contribution in [-0.4, -0.2) is 19.9 Å². The third-order valence-corrected chi connectivity index (χ3v) is 5.57. The Labute approximate surface area is 152 Å². The number of amides is 1. The minimum atomic E-state index is -1.02. The second-order valence-electron chi connectivity index (χ2n) is 6.16. The molecule has 3 aromatic rings. The molecule has 1 N–H and O–H groups in total. The lowest BCUT2D eigenvalue weighted by Crippen LogP contribution is -2.17. The van der Waals surface area contributed by atoms with Gasteiger partial charge in [0.2, 0.25) is 0 Å². The standard InChI is InChI=1S/C19H16FN3O2S/c1-12-4-2-3-5-15(12)19(24)21-18-16-10-26(25)11-17(16)22-23(18)14-8-6-13(20)7-9-14/h2-9H,10-11H2,1H3,(H,21,24)/t26-/m1/s1. The lowest BCUT2D eigenvalue weighted by atomic mass is 10.1. The van der Waals surface area contributed by atoms with Crippen LogP contribution in [0, 0.1) is 12.7 Å². The van der Waals surface area contributed by atoms with E-state index in [1.165, 1.54) is 12.1 Å². The molecule has 2 heterocycles. The molecule has 0 fully saturated rings. The number of anilines is 1. The molecular formula is C19H16FN3O2S. The van der Waals surface area contributed by atoms with Crippen molar-refractivity contribution in [1.29, 1.82) is 0 Å². The molecule has 132 valence electrons. The van der Waals surface area contributed by atoms with Crippen LogP contribution in [0.3, 0.4) is 0 Å². The molecule has 4 rings (SSSR count). The molecule has 0 saturated carbocycles. The maximum atomic E-state index is 13.3. The summed E-state index contributed by atoms with van der Waals surface area (Å²) in [6.45, 7) is 1.87. The van der Waals surface area contributed by atoms with Crippen LogP contribution in [-0.2, 0) is 22.3 Å². The fourth-order valence-corrected chi connectivity index (χ4v) is 4.29. The quantitative estimate of drug-likeness (QED) is 0.770. The van der Waals surface area contributed by atoms with Crippen molar-refractivity contribution < 1.29 is 13.4 Å². The maximum absolute atomic E-state index is 13.3. The van der Waals surface area contributed by atoms with Crippen LogP contribution in [0.4, 0.5) is 10.2 Å². The number of carbonyl (C=O) groups excluding carboxylic acids is 1. The summed E-state index contributed by atoms with van der Waals surface area (Å²) in [5.41, 5.74) is 3.53. The Morgan fingerprint density at radius 2 is 1.88 bits per heavy atom. The van der Waals surface area contributed by atoms with Gasteiger partial charge in [-0.05, 0) is 42.8 Å². The van der Waals surface area contributed by atoms with Gasteiger partial charge in [-0.3, -0.25) is 9.00 Å². The zero-order chi connectivity index (χ0) is 18.3. The molecule has 7 heteroatoms. The lowest BCUT2D eigenvalue weighted by Gasteiger charge is -2.12. The highest BCUT2D eigenvalue weighted by atomic mass is 32.2. The van der Waals surface area contributed by atoms with Crippen molar-refractivity contribution in [2.45, 2.75) is 18.4 Å². The van der Waals surface area contributed by atoms with E-state index >= 15 is 0 Å². The predicted molar refractivity (Wildman–Crippen MR) is 98.2 cm³/mol. The topological polar surface area (TPSA) is 64.0 Å². The molecule has 1 amide bonds. The average molecular weight is 369 g/mol. The first kappa shape index (κ1) is 16.7. The van der Waals surface area contributed by atoms with Gasteiger partial charge in [0.15, 0.2) is 0 Å². The van der Waals surface area contributed by atoms with E-state index in [-0.39, 0.29) is 11.7 Å². The maximum Gasteiger partial charge on any atom is 0.257 e. The minimum absolute atomic E-state index is 0.258. The van der Waals surface area contributed by atoms with Gasteiger partial charge in [-0.15, -0.1) is 0 Å². The molecule has 5 nitrogen and oxygen atoms in total. The Hall–Kier alpha value is -2.80. The second-order valence-corrected chi connectivity index (χ2v) is 7.62. The van der Waals surface area contributed by atoms with Crippen LogP contribution >= 0.6 is 0 Å². The first-order chi connectivity index (χ1) is 12.5. The Bertz CT molecular complexity index is 1030. The highest BCUT2D eigenvalue weighted by molar-refractivity contribution is 7.83. The van der Waals surface area contributed by atoms with Gasteiger partial charge in [0.05, 0.1) is 22.9 Å². The molecule has 1 aliphatic rings. The van der Waals surface area contributed by atoms with E-state index in [2.05, 4.69) is 10.4 Å². The first-order valence-corrected chi connectivity index (χ1v) is 9.60. The van der Waals surface area contributed by atoms with Crippen LogP contribution in [0.5, 0.6) is 0 Å². The number of benzene rings is 2. The van der Waals surface area contributed by atoms with Crippen LogP contribution in [0.15, 0.2) is 48.5 Å². The number of aromatic nitrogens is 2. The van der Waals surface area contributed by atoms with Crippen molar-refractivity contribution >= 4 is 22.5 Å². The molecule has 2 aromatic carbocycles. The fourth-order valence-electron chi connectivity index (χ4n) is 3.03. The second kappa shape index (κ2) is 6.49. The molecule has 26 heavy (non-hydrogen) atoms. The number of hydrogen-bond donors (Lipinski definition) is 1. The average Bonchev–Trinajstić information content (AvgIpc) is 3.13. The van der Waals surface area contributed by atoms with E-state index in [0.717, 1.165) is 11.1 Å². The zero-order valence-electron chi connectivity index (χ0n) is 14.0. The number of nitrogens with one attached hydrogen (secondary N) is 1. The molecule has 0 bridgehead atoms. The van der Waals surface area contributed by atoms with Gasteiger partial charge < -0.3 is 5.32 Å². The molecule has 0 saturated heterocycles. The van der Waals surface area contributed by atoms with Gasteiger partial charge in [-0.2, -0.15) is 5.10 Å².